The summed E-state index contributed by atoms with van der Waals surface area (Å²) in [5.74, 6) is 0.461. The minimum absolute atomic E-state index is 0.263. The molecule has 0 aliphatic carbocycles. The molecule has 102 valence electrons. The number of aromatic amines is 1. The molecule has 1 N–H and O–H groups in total. The van der Waals surface area contributed by atoms with Crippen molar-refractivity contribution in [2.75, 3.05) is 0 Å². The van der Waals surface area contributed by atoms with Gasteiger partial charge in [0.15, 0.2) is 0 Å². The summed E-state index contributed by atoms with van der Waals surface area (Å²) in [6.45, 7) is 6.12. The highest BCUT2D eigenvalue weighted by molar-refractivity contribution is 7.71. The largest absolute Gasteiger partial charge is 0.409 e. The van der Waals surface area contributed by atoms with Crippen molar-refractivity contribution in [2.24, 2.45) is 0 Å². The molecule has 0 atom stereocenters. The molecule has 3 aromatic rings. The van der Waals surface area contributed by atoms with Gasteiger partial charge in [0, 0.05) is 0 Å². The van der Waals surface area contributed by atoms with Gasteiger partial charge in [0.2, 0.25) is 5.89 Å². The van der Waals surface area contributed by atoms with E-state index in [1.54, 1.807) is 6.20 Å². The van der Waals surface area contributed by atoms with Crippen molar-refractivity contribution in [1.82, 2.24) is 20.0 Å². The summed E-state index contributed by atoms with van der Waals surface area (Å²) < 4.78 is 7.22. The highest BCUT2D eigenvalue weighted by Gasteiger charge is 2.14. The van der Waals surface area contributed by atoms with E-state index in [2.05, 4.69) is 47.3 Å². The molecule has 3 rings (SSSR count). The van der Waals surface area contributed by atoms with Crippen LogP contribution in [0.3, 0.4) is 0 Å². The van der Waals surface area contributed by atoms with Gasteiger partial charge >= 0.3 is 0 Å². The van der Waals surface area contributed by atoms with Crippen molar-refractivity contribution < 1.29 is 4.42 Å². The lowest BCUT2D eigenvalue weighted by Gasteiger charge is -2.07. The van der Waals surface area contributed by atoms with E-state index >= 15 is 0 Å². The Bertz CT molecular complexity index is 808. The van der Waals surface area contributed by atoms with Gasteiger partial charge in [-0.2, -0.15) is 5.10 Å². The Morgan fingerprint density at radius 2 is 1.85 bits per heavy atom. The van der Waals surface area contributed by atoms with Gasteiger partial charge in [-0.15, -0.1) is 5.10 Å². The number of hydrogen-bond acceptors (Lipinski definition) is 4. The van der Waals surface area contributed by atoms with E-state index in [-0.39, 0.29) is 4.84 Å². The zero-order valence-electron chi connectivity index (χ0n) is 11.5. The molecule has 0 amide bonds. The molecular weight excluding hydrogens is 272 g/mol. The maximum absolute atomic E-state index is 5.34. The number of aromatic nitrogens is 4. The molecular formula is C14H14N4OS. The van der Waals surface area contributed by atoms with Crippen LogP contribution >= 0.6 is 12.2 Å². The fraction of sp³-hybridized carbons (Fsp3) is 0.214. The number of aryl methyl sites for hydroxylation is 2. The first-order valence-electron chi connectivity index (χ1n) is 6.24. The Morgan fingerprint density at radius 1 is 1.15 bits per heavy atom. The van der Waals surface area contributed by atoms with Crippen LogP contribution in [0.15, 0.2) is 28.8 Å². The molecule has 6 heteroatoms. The summed E-state index contributed by atoms with van der Waals surface area (Å²) in [5.41, 5.74) is 5.22. The summed E-state index contributed by atoms with van der Waals surface area (Å²) in [6, 6.07) is 6.32. The maximum Gasteiger partial charge on any atom is 0.284 e. The second-order valence-electron chi connectivity index (χ2n) is 4.82. The predicted molar refractivity (Wildman–Crippen MR) is 78.5 cm³/mol. The highest BCUT2D eigenvalue weighted by atomic mass is 32.1. The summed E-state index contributed by atoms with van der Waals surface area (Å²) in [5, 5.41) is 11.1. The van der Waals surface area contributed by atoms with Gasteiger partial charge in [0.1, 0.15) is 0 Å². The Hall–Kier alpha value is -2.21. The number of H-pyrrole nitrogens is 1. The Labute approximate surface area is 121 Å². The molecule has 0 radical (unpaired) electrons. The molecule has 0 bridgehead atoms. The molecule has 0 spiro atoms. The van der Waals surface area contributed by atoms with Crippen molar-refractivity contribution >= 4 is 12.2 Å². The van der Waals surface area contributed by atoms with Crippen molar-refractivity contribution in [3.63, 3.8) is 0 Å². The van der Waals surface area contributed by atoms with Crippen molar-refractivity contribution in [3.05, 3.63) is 46.1 Å². The average molecular weight is 286 g/mol. The second-order valence-corrected chi connectivity index (χ2v) is 5.19. The third kappa shape index (κ3) is 2.18. The van der Waals surface area contributed by atoms with Gasteiger partial charge in [-0.05, 0) is 56.2 Å². The van der Waals surface area contributed by atoms with E-state index < -0.39 is 0 Å². The van der Waals surface area contributed by atoms with Crippen LogP contribution < -0.4 is 0 Å². The Balaban J connectivity index is 2.12. The smallest absolute Gasteiger partial charge is 0.284 e. The minimum Gasteiger partial charge on any atom is -0.409 e. The van der Waals surface area contributed by atoms with E-state index in [0.717, 1.165) is 16.9 Å². The first kappa shape index (κ1) is 12.8. The van der Waals surface area contributed by atoms with Crippen molar-refractivity contribution in [3.8, 4) is 17.1 Å². The fourth-order valence-corrected chi connectivity index (χ4v) is 2.42. The molecule has 20 heavy (non-hydrogen) atoms. The quantitative estimate of drug-likeness (QED) is 0.732. The zero-order valence-corrected chi connectivity index (χ0v) is 12.3. The van der Waals surface area contributed by atoms with Crippen LogP contribution in [0, 0.1) is 25.6 Å². The van der Waals surface area contributed by atoms with Gasteiger partial charge in [-0.25, -0.2) is 9.78 Å². The third-order valence-electron chi connectivity index (χ3n) is 3.13. The Kier molecular flexibility index (Phi) is 3.02. The van der Waals surface area contributed by atoms with Gasteiger partial charge in [-0.1, -0.05) is 6.07 Å². The SMILES string of the molecule is Cc1cc(C)cc(-n2ncc(-c3n[nH]c(=S)o3)c2C)c1. The van der Waals surface area contributed by atoms with Gasteiger partial charge in [0.05, 0.1) is 23.1 Å². The van der Waals surface area contributed by atoms with E-state index in [1.165, 1.54) is 11.1 Å². The molecule has 2 aromatic heterocycles. The molecule has 2 heterocycles. The number of nitrogens with one attached hydrogen (secondary N) is 1. The number of rotatable bonds is 2. The normalized spacial score (nSPS) is 10.9. The van der Waals surface area contributed by atoms with Crippen molar-refractivity contribution in [1.29, 1.82) is 0 Å². The molecule has 0 saturated heterocycles. The van der Waals surface area contributed by atoms with E-state index in [0.29, 0.717) is 5.89 Å². The molecule has 1 aromatic carbocycles. The summed E-state index contributed by atoms with van der Waals surface area (Å²) >= 11 is 4.90. The first-order valence-corrected chi connectivity index (χ1v) is 6.64. The Morgan fingerprint density at radius 3 is 2.45 bits per heavy atom. The molecule has 0 fully saturated rings. The first-order chi connectivity index (χ1) is 9.54. The summed E-state index contributed by atoms with van der Waals surface area (Å²) in [7, 11) is 0. The molecule has 0 unspecified atom stereocenters. The topological polar surface area (TPSA) is 59.6 Å². The molecule has 0 saturated carbocycles. The third-order valence-corrected chi connectivity index (χ3v) is 3.30. The average Bonchev–Trinajstić information content (AvgIpc) is 2.94. The van der Waals surface area contributed by atoms with Crippen LogP contribution in [0.5, 0.6) is 0 Å². The lowest BCUT2D eigenvalue weighted by atomic mass is 10.1. The lowest BCUT2D eigenvalue weighted by Crippen LogP contribution is -2.00. The molecule has 5 nitrogen and oxygen atoms in total. The second kappa shape index (κ2) is 4.72. The predicted octanol–water partition coefficient (Wildman–Crippen LogP) is 3.51. The van der Waals surface area contributed by atoms with Crippen LogP contribution in [0.25, 0.3) is 17.1 Å². The molecule has 0 aliphatic rings. The minimum atomic E-state index is 0.263. The van der Waals surface area contributed by atoms with E-state index in [9.17, 15) is 0 Å². The van der Waals surface area contributed by atoms with Crippen LogP contribution in [0.1, 0.15) is 16.8 Å². The summed E-state index contributed by atoms with van der Waals surface area (Å²) in [6.07, 6.45) is 1.74. The number of benzene rings is 1. The van der Waals surface area contributed by atoms with Gasteiger partial charge < -0.3 is 4.42 Å². The lowest BCUT2D eigenvalue weighted by molar-refractivity contribution is 0.551. The van der Waals surface area contributed by atoms with Gasteiger partial charge in [0.25, 0.3) is 4.84 Å². The van der Waals surface area contributed by atoms with Crippen LogP contribution in [-0.4, -0.2) is 20.0 Å². The van der Waals surface area contributed by atoms with E-state index in [1.807, 2.05) is 11.6 Å². The van der Waals surface area contributed by atoms with Crippen LogP contribution in [0.2, 0.25) is 0 Å². The highest BCUT2D eigenvalue weighted by Crippen LogP contribution is 2.24. The van der Waals surface area contributed by atoms with E-state index in [4.69, 9.17) is 16.6 Å². The monoisotopic (exact) mass is 286 g/mol. The standard InChI is InChI=1S/C14H14N4OS/c1-8-4-9(2)6-11(5-8)18-10(3)12(7-15-18)13-16-17-14(20)19-13/h4-7H,1-3H3,(H,17,20). The zero-order chi connectivity index (χ0) is 14.3. The maximum atomic E-state index is 5.34. The van der Waals surface area contributed by atoms with Crippen LogP contribution in [-0.2, 0) is 0 Å². The number of hydrogen-bond donors (Lipinski definition) is 1. The van der Waals surface area contributed by atoms with Gasteiger partial charge in [-0.3, -0.25) is 0 Å². The van der Waals surface area contributed by atoms with Crippen molar-refractivity contribution in [2.45, 2.75) is 20.8 Å². The number of nitrogens with zero attached hydrogens (tertiary/aromatic N) is 3. The summed E-state index contributed by atoms with van der Waals surface area (Å²) in [4.78, 5) is 0.263. The van der Waals surface area contributed by atoms with Crippen LogP contribution in [0.4, 0.5) is 0 Å². The molecule has 0 aliphatic heterocycles. The fourth-order valence-electron chi connectivity index (χ4n) is 2.30.